The Morgan fingerprint density at radius 2 is 2.00 bits per heavy atom. The molecule has 1 unspecified atom stereocenters. The fourth-order valence-electron chi connectivity index (χ4n) is 1.07. The van der Waals surface area contributed by atoms with Crippen molar-refractivity contribution in [3.8, 4) is 0 Å². The fraction of sp³-hybridized carbons (Fsp3) is 0.778. The Labute approximate surface area is 107 Å². The van der Waals surface area contributed by atoms with Crippen LogP contribution in [0.2, 0.25) is 0 Å². The van der Waals surface area contributed by atoms with Crippen molar-refractivity contribution in [2.45, 2.75) is 26.3 Å². The van der Waals surface area contributed by atoms with Gasteiger partial charge in [-0.25, -0.2) is 13.2 Å². The highest BCUT2D eigenvalue weighted by atomic mass is 32.2. The molecule has 0 radical (unpaired) electrons. The number of carboxylic acid groups (broad SMARTS) is 1. The van der Waals surface area contributed by atoms with E-state index < -0.39 is 21.8 Å². The first kappa shape index (κ1) is 16.1. The highest BCUT2D eigenvalue weighted by Crippen LogP contribution is 1.99. The van der Waals surface area contributed by atoms with Gasteiger partial charge in [0.05, 0.1) is 5.75 Å². The third-order valence-electron chi connectivity index (χ3n) is 2.10. The third kappa shape index (κ3) is 7.11. The highest BCUT2D eigenvalue weighted by Gasteiger charge is 2.20. The van der Waals surface area contributed by atoms with Crippen molar-refractivity contribution in [2.24, 2.45) is 0 Å². The van der Waals surface area contributed by atoms with Crippen molar-refractivity contribution >= 4 is 33.1 Å². The van der Waals surface area contributed by atoms with Crippen molar-refractivity contribution < 1.29 is 18.3 Å². The SMILES string of the molecule is CCNC(=S)NC(CCS(=O)(=O)CC)C(=O)O. The molecule has 0 aromatic rings. The lowest BCUT2D eigenvalue weighted by molar-refractivity contribution is -0.139. The van der Waals surface area contributed by atoms with Crippen LogP contribution in [-0.2, 0) is 14.6 Å². The number of hydrogen-bond acceptors (Lipinski definition) is 4. The van der Waals surface area contributed by atoms with Crippen LogP contribution < -0.4 is 10.6 Å². The van der Waals surface area contributed by atoms with Crippen molar-refractivity contribution in [1.82, 2.24) is 10.6 Å². The van der Waals surface area contributed by atoms with Gasteiger partial charge in [0.25, 0.3) is 0 Å². The van der Waals surface area contributed by atoms with Gasteiger partial charge in [0.15, 0.2) is 5.11 Å². The molecule has 3 N–H and O–H groups in total. The molecule has 1 atom stereocenters. The molecule has 0 aromatic heterocycles. The molecule has 0 amide bonds. The Balaban J connectivity index is 4.36. The van der Waals surface area contributed by atoms with Crippen LogP contribution >= 0.6 is 12.2 Å². The summed E-state index contributed by atoms with van der Waals surface area (Å²) in [4.78, 5) is 10.9. The molecule has 0 rings (SSSR count). The molecule has 0 spiro atoms. The molecule has 100 valence electrons. The maximum Gasteiger partial charge on any atom is 0.326 e. The average Bonchev–Trinajstić information content (AvgIpc) is 2.24. The lowest BCUT2D eigenvalue weighted by atomic mass is 10.2. The molecule has 0 heterocycles. The van der Waals surface area contributed by atoms with E-state index in [1.807, 2.05) is 6.92 Å². The van der Waals surface area contributed by atoms with Crippen molar-refractivity contribution in [3.05, 3.63) is 0 Å². The Morgan fingerprint density at radius 3 is 2.41 bits per heavy atom. The smallest absolute Gasteiger partial charge is 0.326 e. The minimum Gasteiger partial charge on any atom is -0.480 e. The van der Waals surface area contributed by atoms with Gasteiger partial charge in [0.2, 0.25) is 0 Å². The molecule has 0 aromatic carbocycles. The van der Waals surface area contributed by atoms with Crippen LogP contribution in [0.1, 0.15) is 20.3 Å². The maximum atomic E-state index is 11.3. The number of nitrogens with one attached hydrogen (secondary N) is 2. The predicted octanol–water partition coefficient (Wildman–Crippen LogP) is -0.252. The Bertz CT molecular complexity index is 367. The van der Waals surface area contributed by atoms with Gasteiger partial charge in [-0.2, -0.15) is 0 Å². The predicted molar refractivity (Wildman–Crippen MR) is 69.8 cm³/mol. The van der Waals surface area contributed by atoms with E-state index in [0.29, 0.717) is 6.54 Å². The van der Waals surface area contributed by atoms with Gasteiger partial charge in [0, 0.05) is 12.3 Å². The number of aliphatic carboxylic acids is 1. The second-order valence-corrected chi connectivity index (χ2v) is 6.30. The Kier molecular flexibility index (Phi) is 7.05. The minimum absolute atomic E-state index is 0.00294. The zero-order valence-corrected chi connectivity index (χ0v) is 11.5. The summed E-state index contributed by atoms with van der Waals surface area (Å²) < 4.78 is 22.5. The third-order valence-corrected chi connectivity index (χ3v) is 4.10. The number of sulfone groups is 1. The molecule has 0 saturated carbocycles. The van der Waals surface area contributed by atoms with E-state index in [-0.39, 0.29) is 23.0 Å². The minimum atomic E-state index is -3.16. The van der Waals surface area contributed by atoms with Gasteiger partial charge in [-0.05, 0) is 25.6 Å². The summed E-state index contributed by atoms with van der Waals surface area (Å²) in [5.74, 6) is -1.27. The first-order chi connectivity index (χ1) is 7.82. The first-order valence-corrected chi connectivity index (χ1v) is 7.53. The quantitative estimate of drug-likeness (QED) is 0.554. The summed E-state index contributed by atoms with van der Waals surface area (Å²) in [6, 6.07) is -0.983. The molecule has 0 fully saturated rings. The highest BCUT2D eigenvalue weighted by molar-refractivity contribution is 7.91. The van der Waals surface area contributed by atoms with Gasteiger partial charge in [-0.3, -0.25) is 0 Å². The van der Waals surface area contributed by atoms with E-state index in [4.69, 9.17) is 17.3 Å². The van der Waals surface area contributed by atoms with Crippen LogP contribution in [0.3, 0.4) is 0 Å². The fourth-order valence-corrected chi connectivity index (χ4v) is 2.24. The van der Waals surface area contributed by atoms with Crippen LogP contribution in [-0.4, -0.2) is 48.7 Å². The van der Waals surface area contributed by atoms with E-state index in [2.05, 4.69) is 10.6 Å². The zero-order valence-electron chi connectivity index (χ0n) is 9.89. The maximum absolute atomic E-state index is 11.3. The van der Waals surface area contributed by atoms with E-state index >= 15 is 0 Å². The number of carbonyl (C=O) groups is 1. The van der Waals surface area contributed by atoms with Crippen molar-refractivity contribution in [3.63, 3.8) is 0 Å². The first-order valence-electron chi connectivity index (χ1n) is 5.30. The summed E-state index contributed by atoms with van der Waals surface area (Å²) in [6.07, 6.45) is -0.00294. The molecule has 0 saturated heterocycles. The summed E-state index contributed by atoms with van der Waals surface area (Å²) in [7, 11) is -3.16. The summed E-state index contributed by atoms with van der Waals surface area (Å²) >= 11 is 4.85. The van der Waals surface area contributed by atoms with Gasteiger partial charge in [0.1, 0.15) is 15.9 Å². The molecule has 0 aliphatic carbocycles. The van der Waals surface area contributed by atoms with Crippen LogP contribution in [0.5, 0.6) is 0 Å². The second-order valence-electron chi connectivity index (χ2n) is 3.42. The summed E-state index contributed by atoms with van der Waals surface area (Å²) in [5, 5.41) is 14.5. The van der Waals surface area contributed by atoms with Gasteiger partial charge in [-0.1, -0.05) is 6.92 Å². The topological polar surface area (TPSA) is 95.5 Å². The number of carboxylic acids is 1. The second kappa shape index (κ2) is 7.44. The molecular formula is C9H18N2O4S2. The van der Waals surface area contributed by atoms with Crippen LogP contribution in [0.15, 0.2) is 0 Å². The molecule has 17 heavy (non-hydrogen) atoms. The van der Waals surface area contributed by atoms with Crippen LogP contribution in [0, 0.1) is 0 Å². The molecule has 8 heteroatoms. The lowest BCUT2D eigenvalue weighted by Crippen LogP contribution is -2.46. The number of rotatable bonds is 7. The van der Waals surface area contributed by atoms with E-state index in [0.717, 1.165) is 0 Å². The number of thiocarbonyl (C=S) groups is 1. The molecule has 0 bridgehead atoms. The van der Waals surface area contributed by atoms with Gasteiger partial charge in [-0.15, -0.1) is 0 Å². The Morgan fingerprint density at radius 1 is 1.41 bits per heavy atom. The molecule has 0 aliphatic heterocycles. The van der Waals surface area contributed by atoms with Gasteiger partial charge < -0.3 is 15.7 Å². The Hall–Kier alpha value is -0.890. The number of hydrogen-bond donors (Lipinski definition) is 3. The summed E-state index contributed by atoms with van der Waals surface area (Å²) in [6.45, 7) is 3.93. The van der Waals surface area contributed by atoms with Crippen LogP contribution in [0.25, 0.3) is 0 Å². The van der Waals surface area contributed by atoms with Crippen molar-refractivity contribution in [2.75, 3.05) is 18.1 Å². The van der Waals surface area contributed by atoms with Crippen LogP contribution in [0.4, 0.5) is 0 Å². The van der Waals surface area contributed by atoms with E-state index in [1.165, 1.54) is 6.92 Å². The van der Waals surface area contributed by atoms with Crippen molar-refractivity contribution in [1.29, 1.82) is 0 Å². The standard InChI is InChI=1S/C9H18N2O4S2/c1-3-10-9(16)11-7(8(12)13)5-6-17(14,15)4-2/h7H,3-6H2,1-2H3,(H,12,13)(H2,10,11,16). The average molecular weight is 282 g/mol. The van der Waals surface area contributed by atoms with Gasteiger partial charge >= 0.3 is 5.97 Å². The zero-order chi connectivity index (χ0) is 13.5. The molecule has 6 nitrogen and oxygen atoms in total. The summed E-state index contributed by atoms with van der Waals surface area (Å²) in [5.41, 5.74) is 0. The van der Waals surface area contributed by atoms with E-state index in [1.54, 1.807) is 0 Å². The largest absolute Gasteiger partial charge is 0.480 e. The lowest BCUT2D eigenvalue weighted by Gasteiger charge is -2.16. The van der Waals surface area contributed by atoms with E-state index in [9.17, 15) is 13.2 Å². The normalized spacial score (nSPS) is 12.8. The molecule has 0 aliphatic rings. The molecular weight excluding hydrogens is 264 g/mol. The monoisotopic (exact) mass is 282 g/mol.